The standard InChI is InChI=1S/C18H11FN2O2/c19-13-8-5-12(6-9-13)7-10-14-11-17-18(21-20-14)23-16-4-2-1-3-15(16)22-17/h1-11H. The number of halogens is 1. The number of ether oxygens (including phenoxy) is 2. The zero-order valence-corrected chi connectivity index (χ0v) is 11.9. The summed E-state index contributed by atoms with van der Waals surface area (Å²) in [5.74, 6) is 1.84. The molecule has 0 atom stereocenters. The highest BCUT2D eigenvalue weighted by Gasteiger charge is 2.20. The van der Waals surface area contributed by atoms with Crippen molar-refractivity contribution in [3.63, 3.8) is 0 Å². The number of hydrogen-bond donors (Lipinski definition) is 0. The molecule has 0 saturated heterocycles. The van der Waals surface area contributed by atoms with E-state index in [0.717, 1.165) is 5.56 Å². The lowest BCUT2D eigenvalue weighted by Gasteiger charge is -2.18. The lowest BCUT2D eigenvalue weighted by Crippen LogP contribution is -2.02. The number of rotatable bonds is 2. The quantitative estimate of drug-likeness (QED) is 0.539. The lowest BCUT2D eigenvalue weighted by atomic mass is 10.2. The largest absolute Gasteiger partial charge is 0.448 e. The second kappa shape index (κ2) is 5.53. The van der Waals surface area contributed by atoms with E-state index in [1.54, 1.807) is 24.3 Å². The van der Waals surface area contributed by atoms with Gasteiger partial charge in [-0.25, -0.2) is 4.39 Å². The van der Waals surface area contributed by atoms with Crippen LogP contribution in [0.1, 0.15) is 11.3 Å². The van der Waals surface area contributed by atoms with Crippen molar-refractivity contribution in [1.82, 2.24) is 10.2 Å². The Morgan fingerprint density at radius 1 is 0.783 bits per heavy atom. The van der Waals surface area contributed by atoms with Crippen LogP contribution < -0.4 is 9.47 Å². The molecule has 1 aliphatic heterocycles. The summed E-state index contributed by atoms with van der Waals surface area (Å²) >= 11 is 0. The third kappa shape index (κ3) is 2.76. The SMILES string of the molecule is Fc1ccc(C=Cc2cc3c(nn2)Oc2ccccc2O3)cc1. The Kier molecular flexibility index (Phi) is 3.24. The van der Waals surface area contributed by atoms with Crippen molar-refractivity contribution in [2.75, 3.05) is 0 Å². The molecule has 0 spiro atoms. The highest BCUT2D eigenvalue weighted by atomic mass is 19.1. The summed E-state index contributed by atoms with van der Waals surface area (Å²) in [7, 11) is 0. The maximum Gasteiger partial charge on any atom is 0.282 e. The summed E-state index contributed by atoms with van der Waals surface area (Å²) in [5, 5.41) is 8.12. The van der Waals surface area contributed by atoms with Crippen LogP contribution in [0.3, 0.4) is 0 Å². The number of benzene rings is 2. The molecule has 0 radical (unpaired) electrons. The maximum atomic E-state index is 12.9. The van der Waals surface area contributed by atoms with E-state index in [-0.39, 0.29) is 5.82 Å². The van der Waals surface area contributed by atoms with Gasteiger partial charge in [-0.2, -0.15) is 0 Å². The Labute approximate surface area is 131 Å². The fourth-order valence-electron chi connectivity index (χ4n) is 2.20. The summed E-state index contributed by atoms with van der Waals surface area (Å²) in [5.41, 5.74) is 1.49. The highest BCUT2D eigenvalue weighted by Crippen LogP contribution is 2.43. The van der Waals surface area contributed by atoms with E-state index in [1.807, 2.05) is 30.3 Å². The predicted molar refractivity (Wildman–Crippen MR) is 84.0 cm³/mol. The van der Waals surface area contributed by atoms with Crippen LogP contribution in [-0.2, 0) is 0 Å². The number of aromatic nitrogens is 2. The number of fused-ring (bicyclic) bond motifs is 2. The van der Waals surface area contributed by atoms with Crippen LogP contribution >= 0.6 is 0 Å². The van der Waals surface area contributed by atoms with Gasteiger partial charge in [-0.1, -0.05) is 30.3 Å². The highest BCUT2D eigenvalue weighted by molar-refractivity contribution is 5.68. The minimum absolute atomic E-state index is 0.264. The van der Waals surface area contributed by atoms with E-state index in [4.69, 9.17) is 9.47 Å². The van der Waals surface area contributed by atoms with E-state index in [0.29, 0.717) is 28.8 Å². The van der Waals surface area contributed by atoms with E-state index < -0.39 is 0 Å². The van der Waals surface area contributed by atoms with E-state index in [2.05, 4.69) is 10.2 Å². The van der Waals surface area contributed by atoms with Crippen molar-refractivity contribution >= 4 is 12.2 Å². The topological polar surface area (TPSA) is 44.2 Å². The zero-order valence-electron chi connectivity index (χ0n) is 11.9. The molecule has 1 aliphatic rings. The van der Waals surface area contributed by atoms with Gasteiger partial charge in [-0.05, 0) is 35.9 Å². The first-order valence-electron chi connectivity index (χ1n) is 7.04. The predicted octanol–water partition coefficient (Wildman–Crippen LogP) is 4.68. The van der Waals surface area contributed by atoms with E-state index in [9.17, 15) is 4.39 Å². The van der Waals surface area contributed by atoms with Crippen molar-refractivity contribution in [3.8, 4) is 23.1 Å². The number of nitrogens with zero attached hydrogens (tertiary/aromatic N) is 2. The second-order valence-electron chi connectivity index (χ2n) is 4.97. The molecule has 0 saturated carbocycles. The van der Waals surface area contributed by atoms with Crippen LogP contribution in [0.15, 0.2) is 54.6 Å². The molecule has 1 aromatic heterocycles. The van der Waals surface area contributed by atoms with Gasteiger partial charge in [0.2, 0.25) is 0 Å². The molecular weight excluding hydrogens is 295 g/mol. The monoisotopic (exact) mass is 306 g/mol. The van der Waals surface area contributed by atoms with Gasteiger partial charge < -0.3 is 9.47 Å². The molecule has 2 heterocycles. The summed E-state index contributed by atoms with van der Waals surface area (Å²) in [4.78, 5) is 0. The molecule has 0 fully saturated rings. The van der Waals surface area contributed by atoms with Gasteiger partial charge in [0.15, 0.2) is 17.2 Å². The third-order valence-electron chi connectivity index (χ3n) is 3.34. The minimum Gasteiger partial charge on any atom is -0.448 e. The Hall–Kier alpha value is -3.21. The maximum absolute atomic E-state index is 12.9. The summed E-state index contributed by atoms with van der Waals surface area (Å²) < 4.78 is 24.3. The Balaban J connectivity index is 1.60. The second-order valence-corrected chi connectivity index (χ2v) is 4.97. The van der Waals surface area contributed by atoms with Gasteiger partial charge in [0.25, 0.3) is 5.88 Å². The van der Waals surface area contributed by atoms with Crippen LogP contribution in [0.4, 0.5) is 4.39 Å². The van der Waals surface area contributed by atoms with Gasteiger partial charge in [-0.15, -0.1) is 10.2 Å². The van der Waals surface area contributed by atoms with E-state index >= 15 is 0 Å². The molecule has 0 amide bonds. The first-order chi connectivity index (χ1) is 11.3. The van der Waals surface area contributed by atoms with Crippen molar-refractivity contribution in [1.29, 1.82) is 0 Å². The van der Waals surface area contributed by atoms with Crippen LogP contribution in [-0.4, -0.2) is 10.2 Å². The molecule has 23 heavy (non-hydrogen) atoms. The average Bonchev–Trinajstić information content (AvgIpc) is 2.59. The molecule has 0 N–H and O–H groups in total. The van der Waals surface area contributed by atoms with Crippen molar-refractivity contribution < 1.29 is 13.9 Å². The van der Waals surface area contributed by atoms with Crippen LogP contribution in [0, 0.1) is 5.82 Å². The van der Waals surface area contributed by atoms with E-state index in [1.165, 1.54) is 12.1 Å². The minimum atomic E-state index is -0.264. The van der Waals surface area contributed by atoms with Gasteiger partial charge in [0.05, 0.1) is 5.69 Å². The normalized spacial score (nSPS) is 12.2. The summed E-state index contributed by atoms with van der Waals surface area (Å²) in [6.45, 7) is 0. The number of para-hydroxylation sites is 2. The van der Waals surface area contributed by atoms with Gasteiger partial charge >= 0.3 is 0 Å². The molecule has 4 nitrogen and oxygen atoms in total. The van der Waals surface area contributed by atoms with Crippen LogP contribution in [0.25, 0.3) is 12.2 Å². The molecule has 4 rings (SSSR count). The number of hydrogen-bond acceptors (Lipinski definition) is 4. The zero-order chi connectivity index (χ0) is 15.6. The van der Waals surface area contributed by atoms with Crippen LogP contribution in [0.5, 0.6) is 23.1 Å². The molecular formula is C18H11FN2O2. The molecule has 0 aliphatic carbocycles. The molecule has 0 unspecified atom stereocenters. The molecule has 112 valence electrons. The van der Waals surface area contributed by atoms with Gasteiger partial charge in [0, 0.05) is 6.07 Å². The molecule has 3 aromatic rings. The smallest absolute Gasteiger partial charge is 0.282 e. The molecule has 0 bridgehead atoms. The van der Waals surface area contributed by atoms with Crippen molar-refractivity contribution in [2.45, 2.75) is 0 Å². The first kappa shape index (κ1) is 13.5. The van der Waals surface area contributed by atoms with Crippen molar-refractivity contribution in [2.24, 2.45) is 0 Å². The Morgan fingerprint density at radius 2 is 1.52 bits per heavy atom. The Bertz CT molecular complexity index is 892. The fourth-order valence-corrected chi connectivity index (χ4v) is 2.20. The Morgan fingerprint density at radius 3 is 2.30 bits per heavy atom. The van der Waals surface area contributed by atoms with Crippen LogP contribution in [0.2, 0.25) is 0 Å². The average molecular weight is 306 g/mol. The van der Waals surface area contributed by atoms with Crippen molar-refractivity contribution in [3.05, 3.63) is 71.7 Å². The lowest BCUT2D eigenvalue weighted by molar-refractivity contribution is 0.343. The summed E-state index contributed by atoms with van der Waals surface area (Å²) in [6.07, 6.45) is 3.61. The first-order valence-corrected chi connectivity index (χ1v) is 7.04. The van der Waals surface area contributed by atoms with Gasteiger partial charge in [0.1, 0.15) is 5.82 Å². The molecule has 2 aromatic carbocycles. The van der Waals surface area contributed by atoms with Gasteiger partial charge in [-0.3, -0.25) is 0 Å². The third-order valence-corrected chi connectivity index (χ3v) is 3.34. The summed E-state index contributed by atoms with van der Waals surface area (Å²) in [6, 6.07) is 15.3. The molecule has 5 heteroatoms. The fraction of sp³-hybridized carbons (Fsp3) is 0.